The second-order valence-corrected chi connectivity index (χ2v) is 12.5. The van der Waals surface area contributed by atoms with E-state index in [1.54, 1.807) is 0 Å². The van der Waals surface area contributed by atoms with Crippen LogP contribution in [0.25, 0.3) is 0 Å². The summed E-state index contributed by atoms with van der Waals surface area (Å²) in [5, 5.41) is 3.71. The van der Waals surface area contributed by atoms with E-state index in [-0.39, 0.29) is 28.8 Å². The van der Waals surface area contributed by atoms with Gasteiger partial charge in [0, 0.05) is 48.4 Å². The van der Waals surface area contributed by atoms with Gasteiger partial charge < -0.3 is 5.32 Å². The first-order chi connectivity index (χ1) is 17.4. The van der Waals surface area contributed by atoms with Gasteiger partial charge >= 0.3 is 0 Å². The molecule has 6 rings (SSSR count). The van der Waals surface area contributed by atoms with Gasteiger partial charge in [0.05, 0.1) is 0 Å². The number of carbonyl (C=O) groups is 2. The van der Waals surface area contributed by atoms with Crippen molar-refractivity contribution < 1.29 is 9.59 Å². The number of allylic oxidation sites excluding steroid dienone is 2. The number of fused-ring (bicyclic) bond motifs is 5. The van der Waals surface area contributed by atoms with Crippen molar-refractivity contribution in [3.63, 3.8) is 0 Å². The molecule has 2 aromatic carbocycles. The normalized spacial score (nSPS) is 35.3. The molecule has 6 atom stereocenters. The lowest BCUT2D eigenvalue weighted by Crippen LogP contribution is -2.59. The molecule has 3 fully saturated rings. The molecule has 0 spiro atoms. The fourth-order valence-electron chi connectivity index (χ4n) is 8.80. The lowest BCUT2D eigenvalue weighted by atomic mass is 9.48. The Bertz CT molecular complexity index is 1130. The third-order valence-corrected chi connectivity index (χ3v) is 10.7. The Kier molecular flexibility index (Phi) is 5.93. The van der Waals surface area contributed by atoms with Crippen LogP contribution in [0.4, 0.5) is 0 Å². The molecular weight excluding hydrogens is 442 g/mol. The monoisotopic (exact) mass is 481 g/mol. The molecule has 1 saturated heterocycles. The van der Waals surface area contributed by atoms with Crippen molar-refractivity contribution in [3.8, 4) is 0 Å². The van der Waals surface area contributed by atoms with E-state index in [2.05, 4.69) is 67.7 Å². The number of Topliss-reactive ketones (excluding diaryl/α,β-unsaturated/α-hetero) is 1. The largest absolute Gasteiger partial charge is 0.387 e. The van der Waals surface area contributed by atoms with Crippen molar-refractivity contribution in [3.05, 3.63) is 83.6 Å². The van der Waals surface area contributed by atoms with Gasteiger partial charge in [0.25, 0.3) is 0 Å². The second kappa shape index (κ2) is 9.01. The highest BCUT2D eigenvalue weighted by Crippen LogP contribution is 2.63. The molecule has 2 saturated carbocycles. The molecule has 2 aromatic rings. The number of hydrogen-bond donors (Lipinski definition) is 1. The van der Waals surface area contributed by atoms with Crippen LogP contribution in [0.15, 0.2) is 72.4 Å². The van der Waals surface area contributed by atoms with Crippen molar-refractivity contribution in [1.29, 1.82) is 0 Å². The number of ketones is 2. The highest BCUT2D eigenvalue weighted by molar-refractivity contribution is 5.97. The molecule has 3 aliphatic carbocycles. The van der Waals surface area contributed by atoms with Gasteiger partial charge in [0.1, 0.15) is 5.78 Å². The zero-order chi connectivity index (χ0) is 24.9. The standard InChI is InChI=1S/C33H39NO2/c1-32-16-9-14-27(32)26-21-34-31-19-24(35)18-29(33(31,2)28(26)15-17-32)30(36)20-25(22-10-5-3-6-11-22)23-12-7-4-8-13-23/h3-8,10-13,19,25-29,34H,9,14-18,20-21H2,1-2H3/t26-,27-,28-,29?,32-,33-/m0/s1. The summed E-state index contributed by atoms with van der Waals surface area (Å²) in [6.45, 7) is 5.78. The first-order valence-corrected chi connectivity index (χ1v) is 14.0. The summed E-state index contributed by atoms with van der Waals surface area (Å²) >= 11 is 0. The molecule has 188 valence electrons. The third kappa shape index (κ3) is 3.78. The van der Waals surface area contributed by atoms with E-state index >= 15 is 0 Å². The van der Waals surface area contributed by atoms with Crippen molar-refractivity contribution in [2.75, 3.05) is 6.54 Å². The van der Waals surface area contributed by atoms with Crippen molar-refractivity contribution >= 4 is 11.6 Å². The molecule has 1 unspecified atom stereocenters. The van der Waals surface area contributed by atoms with E-state index in [0.29, 0.717) is 30.1 Å². The van der Waals surface area contributed by atoms with Crippen LogP contribution in [0.3, 0.4) is 0 Å². The van der Waals surface area contributed by atoms with Crippen LogP contribution in [0, 0.1) is 34.5 Å². The number of benzene rings is 2. The molecule has 0 amide bonds. The van der Waals surface area contributed by atoms with E-state index in [0.717, 1.165) is 18.2 Å². The van der Waals surface area contributed by atoms with Crippen LogP contribution in [-0.4, -0.2) is 18.1 Å². The maximum absolute atomic E-state index is 14.3. The van der Waals surface area contributed by atoms with Gasteiger partial charge in [-0.15, -0.1) is 0 Å². The smallest absolute Gasteiger partial charge is 0.158 e. The van der Waals surface area contributed by atoms with Gasteiger partial charge in [-0.1, -0.05) is 80.9 Å². The number of piperidine rings is 1. The predicted octanol–water partition coefficient (Wildman–Crippen LogP) is 6.69. The summed E-state index contributed by atoms with van der Waals surface area (Å²) in [5.74, 6) is 1.89. The van der Waals surface area contributed by atoms with Crippen LogP contribution < -0.4 is 5.32 Å². The average Bonchev–Trinajstić information content (AvgIpc) is 3.30. The SMILES string of the molecule is C[C@@]12CCC[C@H]1[C@@H]1CNC3=CC(=O)CC(C(=O)CC(c4ccccc4)c4ccccc4)[C@]3(C)[C@H]1CC2. The molecule has 3 nitrogen and oxygen atoms in total. The third-order valence-electron chi connectivity index (χ3n) is 10.7. The molecule has 36 heavy (non-hydrogen) atoms. The quantitative estimate of drug-likeness (QED) is 0.517. The lowest BCUT2D eigenvalue weighted by Gasteiger charge is -2.59. The summed E-state index contributed by atoms with van der Waals surface area (Å²) in [6.07, 6.45) is 9.05. The molecule has 3 heteroatoms. The molecule has 1 aliphatic heterocycles. The van der Waals surface area contributed by atoms with Crippen LogP contribution in [-0.2, 0) is 9.59 Å². The van der Waals surface area contributed by atoms with E-state index < -0.39 is 0 Å². The zero-order valence-corrected chi connectivity index (χ0v) is 21.7. The van der Waals surface area contributed by atoms with Crippen LogP contribution >= 0.6 is 0 Å². The fourth-order valence-corrected chi connectivity index (χ4v) is 8.80. The van der Waals surface area contributed by atoms with E-state index in [1.807, 2.05) is 18.2 Å². The highest BCUT2D eigenvalue weighted by Gasteiger charge is 2.60. The van der Waals surface area contributed by atoms with Crippen LogP contribution in [0.5, 0.6) is 0 Å². The fraction of sp³-hybridized carbons (Fsp3) is 0.515. The van der Waals surface area contributed by atoms with Gasteiger partial charge in [-0.25, -0.2) is 0 Å². The minimum Gasteiger partial charge on any atom is -0.387 e. The average molecular weight is 482 g/mol. The van der Waals surface area contributed by atoms with E-state index in [1.165, 1.54) is 43.2 Å². The maximum Gasteiger partial charge on any atom is 0.158 e. The molecule has 0 aromatic heterocycles. The number of rotatable bonds is 5. The number of carbonyl (C=O) groups excluding carboxylic acids is 2. The van der Waals surface area contributed by atoms with E-state index in [9.17, 15) is 9.59 Å². The Labute approximate surface area is 215 Å². The topological polar surface area (TPSA) is 46.2 Å². The zero-order valence-electron chi connectivity index (χ0n) is 21.7. The van der Waals surface area contributed by atoms with Gasteiger partial charge in [-0.2, -0.15) is 0 Å². The van der Waals surface area contributed by atoms with Crippen molar-refractivity contribution in [2.45, 2.75) is 64.7 Å². The van der Waals surface area contributed by atoms with Crippen LogP contribution in [0.2, 0.25) is 0 Å². The number of hydrogen-bond acceptors (Lipinski definition) is 3. The van der Waals surface area contributed by atoms with E-state index in [4.69, 9.17) is 0 Å². The molecule has 1 N–H and O–H groups in total. The first kappa shape index (κ1) is 23.7. The summed E-state index contributed by atoms with van der Waals surface area (Å²) in [5.41, 5.74) is 3.54. The summed E-state index contributed by atoms with van der Waals surface area (Å²) in [4.78, 5) is 27.2. The van der Waals surface area contributed by atoms with Gasteiger partial charge in [0.15, 0.2) is 5.78 Å². The maximum atomic E-state index is 14.3. The Hall–Kier alpha value is -2.68. The molecule has 0 bridgehead atoms. The number of nitrogens with one attached hydrogen (secondary N) is 1. The van der Waals surface area contributed by atoms with Gasteiger partial charge in [-0.05, 0) is 60.0 Å². The summed E-state index contributed by atoms with van der Waals surface area (Å²) in [7, 11) is 0. The minimum absolute atomic E-state index is 0.00443. The van der Waals surface area contributed by atoms with Gasteiger partial charge in [0.2, 0.25) is 0 Å². The Morgan fingerprint density at radius 1 is 0.944 bits per heavy atom. The Morgan fingerprint density at radius 2 is 1.61 bits per heavy atom. The molecular formula is C33H39NO2. The first-order valence-electron chi connectivity index (χ1n) is 14.0. The lowest BCUT2D eigenvalue weighted by molar-refractivity contribution is -0.137. The molecule has 0 radical (unpaired) electrons. The predicted molar refractivity (Wildman–Crippen MR) is 143 cm³/mol. The second-order valence-electron chi connectivity index (χ2n) is 12.5. The highest BCUT2D eigenvalue weighted by atomic mass is 16.1. The molecule has 4 aliphatic rings. The summed E-state index contributed by atoms with van der Waals surface area (Å²) < 4.78 is 0. The van der Waals surface area contributed by atoms with Gasteiger partial charge in [-0.3, -0.25) is 9.59 Å². The Morgan fingerprint density at radius 3 is 2.28 bits per heavy atom. The van der Waals surface area contributed by atoms with Crippen LogP contribution in [0.1, 0.15) is 75.8 Å². The van der Waals surface area contributed by atoms with Crippen molar-refractivity contribution in [2.24, 2.45) is 34.5 Å². The summed E-state index contributed by atoms with van der Waals surface area (Å²) in [6, 6.07) is 20.8. The minimum atomic E-state index is -0.282. The molecule has 1 heterocycles. The van der Waals surface area contributed by atoms with Crippen molar-refractivity contribution in [1.82, 2.24) is 5.32 Å². The Balaban J connectivity index is 1.34.